The molecule has 1 fully saturated rings. The first-order valence-electron chi connectivity index (χ1n) is 5.50. The van der Waals surface area contributed by atoms with Crippen molar-refractivity contribution in [2.24, 2.45) is 17.0 Å². The van der Waals surface area contributed by atoms with Gasteiger partial charge in [-0.15, -0.1) is 0 Å². The van der Waals surface area contributed by atoms with E-state index in [4.69, 9.17) is 9.88 Å². The quantitative estimate of drug-likeness (QED) is 0.802. The molecule has 5 heteroatoms. The summed E-state index contributed by atoms with van der Waals surface area (Å²) in [5, 5.41) is 4.88. The lowest BCUT2D eigenvalue weighted by Gasteiger charge is -2.30. The van der Waals surface area contributed by atoms with Crippen LogP contribution < -0.4 is 5.14 Å². The van der Waals surface area contributed by atoms with Crippen LogP contribution in [0.15, 0.2) is 0 Å². The SMILES string of the molecule is CC(C)C1CCC(OCS(N)(=O)=O)CC1. The van der Waals surface area contributed by atoms with Gasteiger partial charge in [-0.3, -0.25) is 0 Å². The van der Waals surface area contributed by atoms with Crippen LogP contribution in [-0.2, 0) is 14.8 Å². The Bertz CT molecular complexity index is 279. The summed E-state index contributed by atoms with van der Waals surface area (Å²) in [5.74, 6) is 1.13. The fourth-order valence-electron chi connectivity index (χ4n) is 2.11. The summed E-state index contributed by atoms with van der Waals surface area (Å²) < 4.78 is 26.7. The molecular weight excluding hydrogens is 214 g/mol. The molecule has 0 aliphatic heterocycles. The first-order valence-corrected chi connectivity index (χ1v) is 7.22. The van der Waals surface area contributed by atoms with Gasteiger partial charge in [0, 0.05) is 0 Å². The number of hydrogen-bond donors (Lipinski definition) is 1. The monoisotopic (exact) mass is 235 g/mol. The zero-order valence-electron chi connectivity index (χ0n) is 9.48. The fourth-order valence-corrected chi connectivity index (χ4v) is 2.50. The zero-order valence-corrected chi connectivity index (χ0v) is 10.3. The minimum Gasteiger partial charge on any atom is -0.361 e. The Labute approximate surface area is 92.2 Å². The second-order valence-electron chi connectivity index (χ2n) is 4.73. The van der Waals surface area contributed by atoms with Crippen LogP contribution in [0.2, 0.25) is 0 Å². The molecule has 1 saturated carbocycles. The van der Waals surface area contributed by atoms with Crippen LogP contribution in [0.25, 0.3) is 0 Å². The van der Waals surface area contributed by atoms with Crippen molar-refractivity contribution in [3.8, 4) is 0 Å². The molecule has 15 heavy (non-hydrogen) atoms. The number of nitrogens with two attached hydrogens (primary N) is 1. The fraction of sp³-hybridized carbons (Fsp3) is 1.00. The summed E-state index contributed by atoms with van der Waals surface area (Å²) in [4.78, 5) is 0. The second kappa shape index (κ2) is 5.27. The number of primary sulfonamides is 1. The van der Waals surface area contributed by atoms with Crippen LogP contribution in [0.5, 0.6) is 0 Å². The molecule has 4 nitrogen and oxygen atoms in total. The van der Waals surface area contributed by atoms with Crippen molar-refractivity contribution in [3.05, 3.63) is 0 Å². The van der Waals surface area contributed by atoms with Gasteiger partial charge in [-0.1, -0.05) is 13.8 Å². The minimum atomic E-state index is -3.48. The van der Waals surface area contributed by atoms with Crippen molar-refractivity contribution in [2.45, 2.75) is 45.6 Å². The average Bonchev–Trinajstić information content (AvgIpc) is 2.14. The first kappa shape index (κ1) is 12.9. The van der Waals surface area contributed by atoms with Crippen LogP contribution in [0.1, 0.15) is 39.5 Å². The maximum absolute atomic E-state index is 10.7. The highest BCUT2D eigenvalue weighted by atomic mass is 32.2. The molecule has 0 saturated heterocycles. The summed E-state index contributed by atoms with van der Waals surface area (Å²) in [6.07, 6.45) is 4.26. The second-order valence-corrected chi connectivity index (χ2v) is 6.29. The molecule has 1 rings (SSSR count). The molecule has 0 aromatic heterocycles. The van der Waals surface area contributed by atoms with Gasteiger partial charge in [-0.25, -0.2) is 13.6 Å². The molecule has 0 aromatic rings. The van der Waals surface area contributed by atoms with E-state index in [2.05, 4.69) is 13.8 Å². The molecule has 0 heterocycles. The van der Waals surface area contributed by atoms with Crippen molar-refractivity contribution in [1.29, 1.82) is 0 Å². The Hall–Kier alpha value is -0.130. The molecule has 0 atom stereocenters. The Morgan fingerprint density at radius 3 is 2.20 bits per heavy atom. The summed E-state index contributed by atoms with van der Waals surface area (Å²) in [7, 11) is -3.48. The van der Waals surface area contributed by atoms with E-state index >= 15 is 0 Å². The van der Waals surface area contributed by atoms with Gasteiger partial charge in [0.1, 0.15) is 0 Å². The molecule has 0 aromatic carbocycles. The molecule has 0 amide bonds. The van der Waals surface area contributed by atoms with E-state index in [1.165, 1.54) is 0 Å². The van der Waals surface area contributed by atoms with Gasteiger partial charge in [0.25, 0.3) is 0 Å². The largest absolute Gasteiger partial charge is 0.361 e. The van der Waals surface area contributed by atoms with Gasteiger partial charge in [-0.05, 0) is 37.5 Å². The van der Waals surface area contributed by atoms with Crippen molar-refractivity contribution in [2.75, 3.05) is 5.94 Å². The lowest BCUT2D eigenvalue weighted by atomic mass is 9.80. The number of ether oxygens (including phenoxy) is 1. The molecule has 0 radical (unpaired) electrons. The van der Waals surface area contributed by atoms with Crippen molar-refractivity contribution in [1.82, 2.24) is 0 Å². The highest BCUT2D eigenvalue weighted by molar-refractivity contribution is 7.88. The number of sulfonamides is 1. The maximum atomic E-state index is 10.7. The van der Waals surface area contributed by atoms with Gasteiger partial charge >= 0.3 is 0 Å². The lowest BCUT2D eigenvalue weighted by Crippen LogP contribution is -2.28. The van der Waals surface area contributed by atoms with E-state index in [0.29, 0.717) is 5.92 Å². The molecular formula is C10H21NO3S. The zero-order chi connectivity index (χ0) is 11.5. The predicted molar refractivity (Wildman–Crippen MR) is 59.6 cm³/mol. The number of hydrogen-bond acceptors (Lipinski definition) is 3. The van der Waals surface area contributed by atoms with Gasteiger partial charge < -0.3 is 4.74 Å². The van der Waals surface area contributed by atoms with E-state index in [9.17, 15) is 8.42 Å². The van der Waals surface area contributed by atoms with Gasteiger partial charge in [0.2, 0.25) is 10.0 Å². The highest BCUT2D eigenvalue weighted by Gasteiger charge is 2.24. The predicted octanol–water partition coefficient (Wildman–Crippen LogP) is 1.46. The van der Waals surface area contributed by atoms with Crippen molar-refractivity contribution in [3.63, 3.8) is 0 Å². The normalized spacial score (nSPS) is 28.3. The molecule has 90 valence electrons. The minimum absolute atomic E-state index is 0.0818. The molecule has 0 unspecified atom stereocenters. The Balaban J connectivity index is 2.26. The third-order valence-electron chi connectivity index (χ3n) is 3.13. The van der Waals surface area contributed by atoms with E-state index in [1.807, 2.05) is 0 Å². The van der Waals surface area contributed by atoms with Crippen LogP contribution in [0.3, 0.4) is 0 Å². The molecule has 2 N–H and O–H groups in total. The Morgan fingerprint density at radius 1 is 1.27 bits per heavy atom. The van der Waals surface area contributed by atoms with E-state index in [0.717, 1.165) is 31.6 Å². The van der Waals surface area contributed by atoms with Gasteiger partial charge in [-0.2, -0.15) is 0 Å². The third kappa shape index (κ3) is 4.95. The molecule has 0 spiro atoms. The van der Waals surface area contributed by atoms with Crippen LogP contribution >= 0.6 is 0 Å². The molecule has 0 bridgehead atoms. The molecule has 1 aliphatic carbocycles. The van der Waals surface area contributed by atoms with Crippen LogP contribution in [0.4, 0.5) is 0 Å². The maximum Gasteiger partial charge on any atom is 0.233 e. The molecule has 1 aliphatic rings. The summed E-state index contributed by atoms with van der Waals surface area (Å²) in [6, 6.07) is 0. The topological polar surface area (TPSA) is 69.4 Å². The third-order valence-corrected chi connectivity index (χ3v) is 3.59. The van der Waals surface area contributed by atoms with Crippen molar-refractivity contribution >= 4 is 10.0 Å². The standard InChI is InChI=1S/C10H21NO3S/c1-8(2)9-3-5-10(6-4-9)14-7-15(11,12)13/h8-10H,3-7H2,1-2H3,(H2,11,12,13). The van der Waals surface area contributed by atoms with E-state index in [-0.39, 0.29) is 12.0 Å². The van der Waals surface area contributed by atoms with Gasteiger partial charge in [0.15, 0.2) is 5.94 Å². The van der Waals surface area contributed by atoms with Crippen LogP contribution in [-0.4, -0.2) is 20.5 Å². The highest BCUT2D eigenvalue weighted by Crippen LogP contribution is 2.31. The van der Waals surface area contributed by atoms with Crippen molar-refractivity contribution < 1.29 is 13.2 Å². The summed E-state index contributed by atoms with van der Waals surface area (Å²) in [5.41, 5.74) is 0. The summed E-state index contributed by atoms with van der Waals surface area (Å²) >= 11 is 0. The Kier molecular flexibility index (Phi) is 4.55. The van der Waals surface area contributed by atoms with E-state index < -0.39 is 10.0 Å². The van der Waals surface area contributed by atoms with E-state index in [1.54, 1.807) is 0 Å². The number of rotatable bonds is 4. The van der Waals surface area contributed by atoms with Gasteiger partial charge in [0.05, 0.1) is 6.10 Å². The van der Waals surface area contributed by atoms with Crippen LogP contribution in [0, 0.1) is 11.8 Å². The smallest absolute Gasteiger partial charge is 0.233 e. The average molecular weight is 235 g/mol. The Morgan fingerprint density at radius 2 is 1.80 bits per heavy atom. The lowest BCUT2D eigenvalue weighted by molar-refractivity contribution is 0.0376. The summed E-state index contributed by atoms with van der Waals surface area (Å²) in [6.45, 7) is 4.46. The first-order chi connectivity index (χ1) is 6.88.